The third-order valence-electron chi connectivity index (χ3n) is 4.61. The minimum Gasteiger partial charge on any atom is -0.449 e. The zero-order valence-corrected chi connectivity index (χ0v) is 18.0. The molecule has 1 aromatic heterocycles. The van der Waals surface area contributed by atoms with Crippen molar-refractivity contribution in [2.75, 3.05) is 5.32 Å². The number of rotatable bonds is 5. The van der Waals surface area contributed by atoms with Crippen molar-refractivity contribution < 1.29 is 14.3 Å². The second-order valence-corrected chi connectivity index (χ2v) is 7.42. The molecule has 0 saturated heterocycles. The van der Waals surface area contributed by atoms with Crippen molar-refractivity contribution in [3.63, 3.8) is 0 Å². The summed E-state index contributed by atoms with van der Waals surface area (Å²) in [6.45, 7) is 3.13. The van der Waals surface area contributed by atoms with E-state index in [1.807, 2.05) is 18.2 Å². The molecule has 0 fully saturated rings. The summed E-state index contributed by atoms with van der Waals surface area (Å²) in [5.41, 5.74) is 1.10. The van der Waals surface area contributed by atoms with Crippen LogP contribution in [-0.4, -0.2) is 27.3 Å². The number of anilines is 1. The van der Waals surface area contributed by atoms with Crippen molar-refractivity contribution in [3.05, 3.63) is 80.2 Å². The van der Waals surface area contributed by atoms with Gasteiger partial charge in [0.15, 0.2) is 6.10 Å². The van der Waals surface area contributed by atoms with E-state index in [9.17, 15) is 14.4 Å². The number of benzene rings is 2. The highest BCUT2D eigenvalue weighted by atomic mass is 35.5. The second-order valence-electron chi connectivity index (χ2n) is 6.60. The number of esters is 1. The zero-order chi connectivity index (χ0) is 22.0. The van der Waals surface area contributed by atoms with E-state index in [2.05, 4.69) is 5.32 Å². The highest BCUT2D eigenvalue weighted by Crippen LogP contribution is 2.23. The number of nitrogens with zero attached hydrogens (tertiary/aromatic N) is 2. The monoisotopic (exact) mass is 447 g/mol. The standard InChI is InChI=1S/C21H19Cl2N3O4/c1-12-18(20(28)26(25(12)3)15-7-5-4-6-8-15)24-19(27)13(2)30-21(29)14-9-10-16(22)17(23)11-14/h4-11,13H,1-3H3,(H,24,27). The van der Waals surface area contributed by atoms with Crippen LogP contribution < -0.4 is 10.9 Å². The van der Waals surface area contributed by atoms with Gasteiger partial charge in [0.1, 0.15) is 5.69 Å². The normalized spacial score (nSPS) is 11.8. The Bertz CT molecular complexity index is 1170. The molecule has 7 nitrogen and oxygen atoms in total. The molecule has 0 bridgehead atoms. The van der Waals surface area contributed by atoms with E-state index >= 15 is 0 Å². The first-order valence-corrected chi connectivity index (χ1v) is 9.77. The number of carbonyl (C=O) groups is 2. The Balaban J connectivity index is 1.78. The molecule has 1 heterocycles. The van der Waals surface area contributed by atoms with Gasteiger partial charge in [-0.2, -0.15) is 0 Å². The summed E-state index contributed by atoms with van der Waals surface area (Å²) in [6.07, 6.45) is -1.14. The first kappa shape index (κ1) is 21.7. The van der Waals surface area contributed by atoms with Crippen molar-refractivity contribution in [1.29, 1.82) is 0 Å². The third-order valence-corrected chi connectivity index (χ3v) is 5.35. The molecular weight excluding hydrogens is 429 g/mol. The maximum atomic E-state index is 12.9. The molecule has 1 amide bonds. The second kappa shape index (κ2) is 8.77. The van der Waals surface area contributed by atoms with Crippen LogP contribution in [0.4, 0.5) is 5.69 Å². The zero-order valence-electron chi connectivity index (χ0n) is 16.5. The maximum absolute atomic E-state index is 12.9. The highest BCUT2D eigenvalue weighted by molar-refractivity contribution is 6.42. The van der Waals surface area contributed by atoms with Crippen molar-refractivity contribution in [2.24, 2.45) is 7.05 Å². The van der Waals surface area contributed by atoms with Crippen molar-refractivity contribution in [3.8, 4) is 5.69 Å². The number of hydrogen-bond donors (Lipinski definition) is 1. The summed E-state index contributed by atoms with van der Waals surface area (Å²) in [4.78, 5) is 37.7. The number of carbonyl (C=O) groups excluding carboxylic acids is 2. The molecular formula is C21H19Cl2N3O4. The molecule has 156 valence electrons. The minimum atomic E-state index is -1.14. The molecule has 1 unspecified atom stereocenters. The van der Waals surface area contributed by atoms with Gasteiger partial charge in [-0.15, -0.1) is 0 Å². The van der Waals surface area contributed by atoms with Crippen LogP contribution in [0.1, 0.15) is 23.0 Å². The summed E-state index contributed by atoms with van der Waals surface area (Å²) in [5.74, 6) is -1.36. The van der Waals surface area contributed by atoms with Crippen molar-refractivity contribution in [1.82, 2.24) is 9.36 Å². The molecule has 1 atom stereocenters. The Morgan fingerprint density at radius 1 is 1.07 bits per heavy atom. The van der Waals surface area contributed by atoms with Crippen LogP contribution in [0.3, 0.4) is 0 Å². The lowest BCUT2D eigenvalue weighted by atomic mass is 10.2. The fraction of sp³-hybridized carbons (Fsp3) is 0.190. The molecule has 0 aliphatic heterocycles. The SMILES string of the molecule is Cc1c(NC(=O)C(C)OC(=O)c2ccc(Cl)c(Cl)c2)c(=O)n(-c2ccccc2)n1C. The van der Waals surface area contributed by atoms with Crippen LogP contribution in [0.2, 0.25) is 10.0 Å². The molecule has 2 aromatic carbocycles. The largest absolute Gasteiger partial charge is 0.449 e. The molecule has 0 radical (unpaired) electrons. The van der Waals surface area contributed by atoms with Crippen LogP contribution >= 0.6 is 23.2 Å². The molecule has 1 N–H and O–H groups in total. The van der Waals surface area contributed by atoms with Gasteiger partial charge in [0.05, 0.1) is 27.0 Å². The number of amides is 1. The Labute approximate surface area is 182 Å². The van der Waals surface area contributed by atoms with Gasteiger partial charge in [0.25, 0.3) is 11.5 Å². The lowest BCUT2D eigenvalue weighted by Crippen LogP contribution is -2.32. The first-order chi connectivity index (χ1) is 14.2. The Morgan fingerprint density at radius 2 is 1.73 bits per heavy atom. The summed E-state index contributed by atoms with van der Waals surface area (Å²) in [5, 5.41) is 3.07. The summed E-state index contributed by atoms with van der Waals surface area (Å²) < 4.78 is 8.28. The number of hydrogen-bond acceptors (Lipinski definition) is 4. The summed E-state index contributed by atoms with van der Waals surface area (Å²) in [7, 11) is 1.72. The fourth-order valence-corrected chi connectivity index (χ4v) is 3.14. The van der Waals surface area contributed by atoms with E-state index in [1.54, 1.807) is 30.8 Å². The lowest BCUT2D eigenvalue weighted by molar-refractivity contribution is -0.123. The molecule has 0 aliphatic rings. The number of aromatic nitrogens is 2. The number of ether oxygens (including phenoxy) is 1. The van der Waals surface area contributed by atoms with E-state index < -0.39 is 23.5 Å². The van der Waals surface area contributed by atoms with Crippen LogP contribution in [0.5, 0.6) is 0 Å². The van der Waals surface area contributed by atoms with E-state index in [0.29, 0.717) is 16.4 Å². The van der Waals surface area contributed by atoms with Gasteiger partial charge < -0.3 is 10.1 Å². The van der Waals surface area contributed by atoms with Crippen LogP contribution in [0.15, 0.2) is 53.3 Å². The van der Waals surface area contributed by atoms with Gasteiger partial charge in [-0.05, 0) is 44.2 Å². The summed E-state index contributed by atoms with van der Waals surface area (Å²) in [6, 6.07) is 13.3. The van der Waals surface area contributed by atoms with Crippen LogP contribution in [0, 0.1) is 6.92 Å². The Kier molecular flexibility index (Phi) is 6.34. The predicted octanol–water partition coefficient (Wildman–Crippen LogP) is 3.98. The fourth-order valence-electron chi connectivity index (χ4n) is 2.84. The van der Waals surface area contributed by atoms with Crippen LogP contribution in [0.25, 0.3) is 5.69 Å². The molecule has 0 saturated carbocycles. The van der Waals surface area contributed by atoms with E-state index in [0.717, 1.165) is 0 Å². The van der Waals surface area contributed by atoms with E-state index in [-0.39, 0.29) is 16.3 Å². The van der Waals surface area contributed by atoms with Gasteiger partial charge in [-0.1, -0.05) is 41.4 Å². The first-order valence-electron chi connectivity index (χ1n) is 9.01. The molecule has 9 heteroatoms. The van der Waals surface area contributed by atoms with Crippen LogP contribution in [-0.2, 0) is 16.6 Å². The van der Waals surface area contributed by atoms with Gasteiger partial charge in [-0.3, -0.25) is 14.3 Å². The molecule has 3 aromatic rings. The van der Waals surface area contributed by atoms with Crippen molar-refractivity contribution in [2.45, 2.75) is 20.0 Å². The lowest BCUT2D eigenvalue weighted by Gasteiger charge is -2.13. The quantitative estimate of drug-likeness (QED) is 0.599. The number of nitrogens with one attached hydrogen (secondary N) is 1. The molecule has 0 spiro atoms. The van der Waals surface area contributed by atoms with Gasteiger partial charge in [0.2, 0.25) is 0 Å². The third kappa shape index (κ3) is 4.27. The predicted molar refractivity (Wildman–Crippen MR) is 116 cm³/mol. The molecule has 30 heavy (non-hydrogen) atoms. The summed E-state index contributed by atoms with van der Waals surface area (Å²) >= 11 is 11.7. The van der Waals surface area contributed by atoms with E-state index in [4.69, 9.17) is 27.9 Å². The van der Waals surface area contributed by atoms with E-state index in [1.165, 1.54) is 29.8 Å². The topological polar surface area (TPSA) is 82.3 Å². The molecule has 0 aliphatic carbocycles. The number of para-hydroxylation sites is 1. The van der Waals surface area contributed by atoms with Gasteiger partial charge >= 0.3 is 5.97 Å². The number of halogens is 2. The molecule has 3 rings (SSSR count). The Morgan fingerprint density at radius 3 is 2.37 bits per heavy atom. The Hall–Kier alpha value is -3.03. The van der Waals surface area contributed by atoms with Gasteiger partial charge in [-0.25, -0.2) is 9.48 Å². The van der Waals surface area contributed by atoms with Crippen molar-refractivity contribution >= 4 is 40.8 Å². The average Bonchev–Trinajstić information content (AvgIpc) is 2.93. The average molecular weight is 448 g/mol. The highest BCUT2D eigenvalue weighted by Gasteiger charge is 2.23. The maximum Gasteiger partial charge on any atom is 0.338 e. The smallest absolute Gasteiger partial charge is 0.338 e. The van der Waals surface area contributed by atoms with Gasteiger partial charge in [0, 0.05) is 7.05 Å². The minimum absolute atomic E-state index is 0.115.